The first-order chi connectivity index (χ1) is 16.2. The molecule has 3 aromatic heterocycles. The Morgan fingerprint density at radius 1 is 1.24 bits per heavy atom. The van der Waals surface area contributed by atoms with Crippen LogP contribution in [-0.4, -0.2) is 55.8 Å². The van der Waals surface area contributed by atoms with Crippen molar-refractivity contribution < 1.29 is 9.90 Å². The number of rotatable bonds is 4. The van der Waals surface area contributed by atoms with Gasteiger partial charge in [-0.2, -0.15) is 5.10 Å². The van der Waals surface area contributed by atoms with Crippen molar-refractivity contribution >= 4 is 49.9 Å². The van der Waals surface area contributed by atoms with Crippen LogP contribution in [0.5, 0.6) is 0 Å². The fourth-order valence-electron chi connectivity index (χ4n) is 5.17. The first kappa shape index (κ1) is 20.6. The van der Waals surface area contributed by atoms with Crippen molar-refractivity contribution in [1.29, 1.82) is 0 Å². The summed E-state index contributed by atoms with van der Waals surface area (Å²) in [6.07, 6.45) is 7.71. The Labute approximate surface area is 195 Å². The number of hydrogen-bond donors (Lipinski definition) is 3. The smallest absolute Gasteiger partial charge is 0.226 e. The SMILES string of the molecule is O=C([C@H]1CCc2c(sc3ncnc(Nc4ccc5[nH]ncc5c4)c23)C1)N1CCC(CO)CC1. The Hall–Kier alpha value is -3.04. The molecule has 0 bridgehead atoms. The molecule has 1 aliphatic heterocycles. The van der Waals surface area contributed by atoms with Crippen molar-refractivity contribution in [2.45, 2.75) is 32.1 Å². The molecule has 0 radical (unpaired) electrons. The topological polar surface area (TPSA) is 107 Å². The van der Waals surface area contributed by atoms with E-state index < -0.39 is 0 Å². The number of carbonyl (C=O) groups is 1. The van der Waals surface area contributed by atoms with Gasteiger partial charge in [0.1, 0.15) is 17.0 Å². The number of aliphatic hydroxyl groups is 1. The van der Waals surface area contributed by atoms with Crippen LogP contribution in [0.3, 0.4) is 0 Å². The van der Waals surface area contributed by atoms with Crippen molar-refractivity contribution in [3.8, 4) is 0 Å². The molecule has 1 saturated heterocycles. The summed E-state index contributed by atoms with van der Waals surface area (Å²) in [6, 6.07) is 6.08. The van der Waals surface area contributed by atoms with Gasteiger partial charge in [0, 0.05) is 41.6 Å². The maximum absolute atomic E-state index is 13.2. The standard InChI is InChI=1S/C24H26N6O2S/c31-12-14-5-7-30(8-6-14)24(32)15-1-3-18-20(10-15)33-23-21(18)22(25-13-26-23)28-17-2-4-19-16(9-17)11-27-29-19/h2,4,9,11,13-15,31H,1,3,5-8,10,12H2,(H,27,29)(H,25,26,28)/t15-/m0/s1. The summed E-state index contributed by atoms with van der Waals surface area (Å²) in [4.78, 5) is 26.5. The second kappa shape index (κ2) is 8.39. The lowest BCUT2D eigenvalue weighted by molar-refractivity contribution is -0.137. The molecular weight excluding hydrogens is 436 g/mol. The highest BCUT2D eigenvalue weighted by atomic mass is 32.1. The fraction of sp³-hybridized carbons (Fsp3) is 0.417. The molecule has 6 rings (SSSR count). The van der Waals surface area contributed by atoms with Crippen LogP contribution in [0, 0.1) is 11.8 Å². The molecule has 170 valence electrons. The molecule has 1 aromatic carbocycles. The zero-order valence-corrected chi connectivity index (χ0v) is 19.1. The number of likely N-dealkylation sites (tertiary alicyclic amines) is 1. The normalized spacial score (nSPS) is 19.2. The summed E-state index contributed by atoms with van der Waals surface area (Å²) >= 11 is 1.69. The monoisotopic (exact) mass is 462 g/mol. The Balaban J connectivity index is 1.24. The number of nitrogens with zero attached hydrogens (tertiary/aromatic N) is 4. The quantitative estimate of drug-likeness (QED) is 0.427. The number of aliphatic hydroxyl groups excluding tert-OH is 1. The first-order valence-corrected chi connectivity index (χ1v) is 12.4. The van der Waals surface area contributed by atoms with E-state index in [1.165, 1.54) is 10.4 Å². The van der Waals surface area contributed by atoms with E-state index in [4.69, 9.17) is 0 Å². The van der Waals surface area contributed by atoms with Gasteiger partial charge >= 0.3 is 0 Å². The van der Waals surface area contributed by atoms with Gasteiger partial charge in [0.05, 0.1) is 17.1 Å². The minimum Gasteiger partial charge on any atom is -0.396 e. The maximum Gasteiger partial charge on any atom is 0.226 e. The molecule has 1 atom stereocenters. The maximum atomic E-state index is 13.2. The average Bonchev–Trinajstić information content (AvgIpc) is 3.47. The number of piperidine rings is 1. The van der Waals surface area contributed by atoms with Crippen LogP contribution in [0.4, 0.5) is 11.5 Å². The largest absolute Gasteiger partial charge is 0.396 e. The highest BCUT2D eigenvalue weighted by Gasteiger charge is 2.33. The third kappa shape index (κ3) is 3.75. The highest BCUT2D eigenvalue weighted by Crippen LogP contribution is 2.41. The number of thiophene rings is 1. The third-order valence-corrected chi connectivity index (χ3v) is 8.24. The molecule has 1 aliphatic carbocycles. The van der Waals surface area contributed by atoms with Crippen molar-refractivity contribution in [3.05, 3.63) is 41.2 Å². The lowest BCUT2D eigenvalue weighted by Crippen LogP contribution is -2.43. The number of aromatic amines is 1. The molecule has 8 nitrogen and oxygen atoms in total. The van der Waals surface area contributed by atoms with Crippen LogP contribution in [-0.2, 0) is 17.6 Å². The number of H-pyrrole nitrogens is 1. The number of fused-ring (bicyclic) bond motifs is 4. The second-order valence-electron chi connectivity index (χ2n) is 9.09. The molecule has 1 amide bonds. The van der Waals surface area contributed by atoms with Crippen molar-refractivity contribution in [2.24, 2.45) is 11.8 Å². The zero-order valence-electron chi connectivity index (χ0n) is 18.3. The van der Waals surface area contributed by atoms with Crippen LogP contribution < -0.4 is 5.32 Å². The van der Waals surface area contributed by atoms with E-state index in [2.05, 4.69) is 31.5 Å². The van der Waals surface area contributed by atoms with Crippen LogP contribution in [0.2, 0.25) is 0 Å². The number of carbonyl (C=O) groups excluding carboxylic acids is 1. The van der Waals surface area contributed by atoms with Crippen molar-refractivity contribution in [2.75, 3.05) is 25.0 Å². The summed E-state index contributed by atoms with van der Waals surface area (Å²) in [5, 5.41) is 22.0. The molecule has 3 N–H and O–H groups in total. The average molecular weight is 463 g/mol. The molecule has 2 aliphatic rings. The predicted molar refractivity (Wildman–Crippen MR) is 129 cm³/mol. The number of aromatic nitrogens is 4. The van der Waals surface area contributed by atoms with Crippen LogP contribution in [0.15, 0.2) is 30.7 Å². The van der Waals surface area contributed by atoms with Gasteiger partial charge in [-0.25, -0.2) is 9.97 Å². The number of amides is 1. The number of benzene rings is 1. The van der Waals surface area contributed by atoms with Gasteiger partial charge in [0.15, 0.2) is 0 Å². The summed E-state index contributed by atoms with van der Waals surface area (Å²) < 4.78 is 0. The van der Waals surface area contributed by atoms with E-state index in [1.54, 1.807) is 17.7 Å². The minimum atomic E-state index is 0.0316. The lowest BCUT2D eigenvalue weighted by Gasteiger charge is -2.34. The fourth-order valence-corrected chi connectivity index (χ4v) is 6.43. The van der Waals surface area contributed by atoms with Gasteiger partial charge in [-0.05, 0) is 61.8 Å². The van der Waals surface area contributed by atoms with E-state index >= 15 is 0 Å². The molecular formula is C24H26N6O2S. The molecule has 9 heteroatoms. The van der Waals surface area contributed by atoms with Gasteiger partial charge in [0.2, 0.25) is 5.91 Å². The van der Waals surface area contributed by atoms with Gasteiger partial charge in [-0.15, -0.1) is 11.3 Å². The molecule has 0 unspecified atom stereocenters. The number of nitrogens with one attached hydrogen (secondary N) is 2. The lowest BCUT2D eigenvalue weighted by atomic mass is 9.86. The Morgan fingerprint density at radius 3 is 2.97 bits per heavy atom. The summed E-state index contributed by atoms with van der Waals surface area (Å²) in [6.45, 7) is 1.75. The van der Waals surface area contributed by atoms with E-state index in [0.29, 0.717) is 5.92 Å². The Kier molecular flexibility index (Phi) is 5.22. The van der Waals surface area contributed by atoms with Crippen molar-refractivity contribution in [3.63, 3.8) is 0 Å². The molecule has 4 aromatic rings. The van der Waals surface area contributed by atoms with Crippen LogP contribution in [0.1, 0.15) is 29.7 Å². The van der Waals surface area contributed by atoms with Gasteiger partial charge in [-0.1, -0.05) is 0 Å². The molecule has 0 spiro atoms. The van der Waals surface area contributed by atoms with Crippen LogP contribution in [0.25, 0.3) is 21.1 Å². The Bertz CT molecular complexity index is 1320. The van der Waals surface area contributed by atoms with E-state index in [-0.39, 0.29) is 18.4 Å². The summed E-state index contributed by atoms with van der Waals surface area (Å²) in [7, 11) is 0. The number of anilines is 2. The van der Waals surface area contributed by atoms with E-state index in [0.717, 1.165) is 77.8 Å². The predicted octanol–water partition coefficient (Wildman–Crippen LogP) is 3.65. The van der Waals surface area contributed by atoms with Gasteiger partial charge in [-0.3, -0.25) is 9.89 Å². The molecule has 33 heavy (non-hydrogen) atoms. The summed E-state index contributed by atoms with van der Waals surface area (Å²) in [5.74, 6) is 1.46. The van der Waals surface area contributed by atoms with Gasteiger partial charge < -0.3 is 15.3 Å². The molecule has 1 fully saturated rings. The summed E-state index contributed by atoms with van der Waals surface area (Å²) in [5.41, 5.74) is 3.24. The van der Waals surface area contributed by atoms with Crippen LogP contribution >= 0.6 is 11.3 Å². The van der Waals surface area contributed by atoms with E-state index in [9.17, 15) is 9.90 Å². The zero-order chi connectivity index (χ0) is 22.4. The number of hydrogen-bond acceptors (Lipinski definition) is 7. The minimum absolute atomic E-state index is 0.0316. The van der Waals surface area contributed by atoms with E-state index in [1.807, 2.05) is 23.2 Å². The van der Waals surface area contributed by atoms with Gasteiger partial charge in [0.25, 0.3) is 0 Å². The first-order valence-electron chi connectivity index (χ1n) is 11.5. The third-order valence-electron chi connectivity index (χ3n) is 7.08. The Morgan fingerprint density at radius 2 is 2.12 bits per heavy atom. The molecule has 0 saturated carbocycles. The number of aryl methyl sites for hydroxylation is 1. The second-order valence-corrected chi connectivity index (χ2v) is 10.2. The highest BCUT2D eigenvalue weighted by molar-refractivity contribution is 7.19. The molecule has 4 heterocycles. The van der Waals surface area contributed by atoms with Crippen molar-refractivity contribution in [1.82, 2.24) is 25.1 Å².